The number of carboxylic acids is 1. The van der Waals surface area contributed by atoms with Gasteiger partial charge in [0.15, 0.2) is 5.65 Å². The van der Waals surface area contributed by atoms with Gasteiger partial charge < -0.3 is 20.2 Å². The van der Waals surface area contributed by atoms with Gasteiger partial charge in [-0.05, 0) is 25.2 Å². The topological polar surface area (TPSA) is 73.1 Å². The Balaban J connectivity index is 1.80. The van der Waals surface area contributed by atoms with Crippen molar-refractivity contribution in [2.45, 2.75) is 0 Å². The first kappa shape index (κ1) is 20.3. The predicted octanol–water partition coefficient (Wildman–Crippen LogP) is 4.60. The van der Waals surface area contributed by atoms with Gasteiger partial charge in [-0.25, -0.2) is 9.78 Å². The molecular formula is C19H18BrCl2N5O2. The lowest BCUT2D eigenvalue weighted by Crippen LogP contribution is -2.44. The molecule has 0 amide bonds. The van der Waals surface area contributed by atoms with Crippen LogP contribution >= 0.6 is 39.1 Å². The summed E-state index contributed by atoms with van der Waals surface area (Å²) in [6.07, 6.45) is 3.29. The van der Waals surface area contributed by atoms with Crippen molar-refractivity contribution in [1.82, 2.24) is 14.3 Å². The summed E-state index contributed by atoms with van der Waals surface area (Å²) in [7, 11) is 2.08. The second-order valence-electron chi connectivity index (χ2n) is 6.89. The van der Waals surface area contributed by atoms with Crippen LogP contribution in [-0.4, -0.2) is 58.6 Å². The number of benzene rings is 1. The van der Waals surface area contributed by atoms with Crippen molar-refractivity contribution in [2.24, 2.45) is 0 Å². The van der Waals surface area contributed by atoms with E-state index in [4.69, 9.17) is 23.2 Å². The molecule has 0 radical (unpaired) electrons. The Bertz CT molecular complexity index is 1100. The van der Waals surface area contributed by atoms with Crippen LogP contribution in [0.2, 0.25) is 10.0 Å². The Morgan fingerprint density at radius 1 is 1.24 bits per heavy atom. The fraction of sp³-hybridized carbons (Fsp3) is 0.263. The van der Waals surface area contributed by atoms with Gasteiger partial charge in [0, 0.05) is 36.8 Å². The minimum Gasteiger partial charge on any atom is -0.478 e. The summed E-state index contributed by atoms with van der Waals surface area (Å²) >= 11 is 16.3. The number of carbonyl (C=O) groups is 1. The van der Waals surface area contributed by atoms with Crippen LogP contribution in [0.25, 0.3) is 5.65 Å². The molecule has 1 fully saturated rings. The van der Waals surface area contributed by atoms with Crippen LogP contribution in [0.5, 0.6) is 0 Å². The van der Waals surface area contributed by atoms with Crippen LogP contribution in [0.3, 0.4) is 0 Å². The Kier molecular flexibility index (Phi) is 5.61. The van der Waals surface area contributed by atoms with Crippen molar-refractivity contribution < 1.29 is 9.90 Å². The molecule has 0 bridgehead atoms. The molecule has 10 heteroatoms. The third-order valence-electron chi connectivity index (χ3n) is 4.97. The highest BCUT2D eigenvalue weighted by Gasteiger charge is 2.23. The van der Waals surface area contributed by atoms with Crippen LogP contribution < -0.4 is 10.2 Å². The zero-order valence-corrected chi connectivity index (χ0v) is 18.6. The number of imidazole rings is 1. The molecule has 0 unspecified atom stereocenters. The number of rotatable bonds is 4. The summed E-state index contributed by atoms with van der Waals surface area (Å²) in [5.74, 6) is -0.270. The molecule has 29 heavy (non-hydrogen) atoms. The number of hydrogen-bond acceptors (Lipinski definition) is 5. The lowest BCUT2D eigenvalue weighted by atomic mass is 10.2. The number of fused-ring (bicyclic) bond motifs is 1. The van der Waals surface area contributed by atoms with Crippen molar-refractivity contribution in [3.8, 4) is 0 Å². The van der Waals surface area contributed by atoms with Crippen LogP contribution in [0.4, 0.5) is 17.2 Å². The average Bonchev–Trinajstić information content (AvgIpc) is 3.10. The second kappa shape index (κ2) is 8.02. The maximum Gasteiger partial charge on any atom is 0.339 e. The molecule has 4 rings (SSSR count). The third kappa shape index (κ3) is 3.90. The Morgan fingerprint density at radius 3 is 2.62 bits per heavy atom. The molecule has 1 aliphatic rings. The lowest BCUT2D eigenvalue weighted by molar-refractivity contribution is 0.0697. The average molecular weight is 499 g/mol. The summed E-state index contributed by atoms with van der Waals surface area (Å²) in [6, 6.07) is 5.28. The van der Waals surface area contributed by atoms with E-state index in [1.165, 1.54) is 0 Å². The molecule has 0 atom stereocenters. The smallest absolute Gasteiger partial charge is 0.339 e. The maximum absolute atomic E-state index is 12.0. The van der Waals surface area contributed by atoms with Crippen molar-refractivity contribution in [3.63, 3.8) is 0 Å². The first-order valence-corrected chi connectivity index (χ1v) is 10.5. The van der Waals surface area contributed by atoms with E-state index in [0.717, 1.165) is 36.5 Å². The standard InChI is InChI=1S/C19H18BrCl2N5O2/c1-25-4-6-26(7-5-25)15-9-23-18-16(22)17(12(19(28)29)10-27(15)18)24-14-3-2-11(20)8-13(14)21/h2-3,8-10,24H,4-7H2,1H3,(H,28,29). The highest BCUT2D eigenvalue weighted by atomic mass is 79.9. The van der Waals surface area contributed by atoms with Crippen molar-refractivity contribution in [2.75, 3.05) is 43.4 Å². The van der Waals surface area contributed by atoms with E-state index < -0.39 is 5.97 Å². The molecule has 152 valence electrons. The fourth-order valence-electron chi connectivity index (χ4n) is 3.34. The van der Waals surface area contributed by atoms with Gasteiger partial charge in [-0.1, -0.05) is 39.1 Å². The number of anilines is 3. The Hall–Kier alpha value is -2.00. The second-order valence-corrected chi connectivity index (χ2v) is 8.59. The molecule has 0 saturated carbocycles. The third-order valence-corrected chi connectivity index (χ3v) is 6.13. The molecular weight excluding hydrogens is 481 g/mol. The number of halogens is 3. The first-order valence-electron chi connectivity index (χ1n) is 8.93. The summed E-state index contributed by atoms with van der Waals surface area (Å²) in [4.78, 5) is 20.9. The van der Waals surface area contributed by atoms with Crippen molar-refractivity contribution in [3.05, 3.63) is 50.7 Å². The van der Waals surface area contributed by atoms with E-state index in [-0.39, 0.29) is 16.3 Å². The van der Waals surface area contributed by atoms with Crippen LogP contribution in [0.15, 0.2) is 35.1 Å². The van der Waals surface area contributed by atoms with Gasteiger partial charge in [0.2, 0.25) is 0 Å². The van der Waals surface area contributed by atoms with E-state index >= 15 is 0 Å². The SMILES string of the molecule is CN1CCN(c2cnc3c(Cl)c(Nc4ccc(Br)cc4Cl)c(C(=O)O)cn23)CC1. The minimum absolute atomic E-state index is 0.0369. The number of pyridine rings is 1. The number of hydrogen-bond donors (Lipinski definition) is 2. The molecule has 2 aromatic heterocycles. The highest BCUT2D eigenvalue weighted by molar-refractivity contribution is 9.10. The number of carboxylic acid groups (broad SMARTS) is 1. The maximum atomic E-state index is 12.0. The molecule has 7 nitrogen and oxygen atoms in total. The molecule has 0 aliphatic carbocycles. The van der Waals surface area contributed by atoms with E-state index in [0.29, 0.717) is 16.4 Å². The van der Waals surface area contributed by atoms with E-state index in [1.807, 2.05) is 6.07 Å². The van der Waals surface area contributed by atoms with Gasteiger partial charge in [0.1, 0.15) is 16.4 Å². The Morgan fingerprint density at radius 2 is 1.97 bits per heavy atom. The van der Waals surface area contributed by atoms with E-state index in [9.17, 15) is 9.90 Å². The summed E-state index contributed by atoms with van der Waals surface area (Å²) in [5.41, 5.74) is 1.33. The molecule has 0 spiro atoms. The largest absolute Gasteiger partial charge is 0.478 e. The monoisotopic (exact) mass is 497 g/mol. The lowest BCUT2D eigenvalue weighted by Gasteiger charge is -2.33. The van der Waals surface area contributed by atoms with Crippen molar-refractivity contribution >= 4 is 67.9 Å². The Labute approximate surface area is 186 Å². The van der Waals surface area contributed by atoms with Crippen LogP contribution in [0.1, 0.15) is 10.4 Å². The highest BCUT2D eigenvalue weighted by Crippen LogP contribution is 2.37. The number of nitrogens with zero attached hydrogens (tertiary/aromatic N) is 4. The summed E-state index contributed by atoms with van der Waals surface area (Å²) in [6.45, 7) is 3.51. The zero-order chi connectivity index (χ0) is 20.7. The van der Waals surface area contributed by atoms with Gasteiger partial charge >= 0.3 is 5.97 Å². The van der Waals surface area contributed by atoms with Gasteiger partial charge in [-0.15, -0.1) is 0 Å². The van der Waals surface area contributed by atoms with Gasteiger partial charge in [0.05, 0.1) is 22.6 Å². The molecule has 1 saturated heterocycles. The minimum atomic E-state index is -1.09. The van der Waals surface area contributed by atoms with Crippen molar-refractivity contribution in [1.29, 1.82) is 0 Å². The molecule has 1 aromatic carbocycles. The molecule has 2 N–H and O–H groups in total. The normalized spacial score (nSPS) is 15.1. The number of nitrogens with one attached hydrogen (secondary N) is 1. The molecule has 1 aliphatic heterocycles. The fourth-order valence-corrected chi connectivity index (χ4v) is 4.35. The van der Waals surface area contributed by atoms with Crippen LogP contribution in [-0.2, 0) is 0 Å². The van der Waals surface area contributed by atoms with Gasteiger partial charge in [-0.2, -0.15) is 0 Å². The van der Waals surface area contributed by atoms with E-state index in [1.54, 1.807) is 28.9 Å². The number of likely N-dealkylation sites (N-methyl/N-ethyl adjacent to an activating group) is 1. The number of piperazine rings is 1. The summed E-state index contributed by atoms with van der Waals surface area (Å²) < 4.78 is 2.56. The predicted molar refractivity (Wildman–Crippen MR) is 119 cm³/mol. The van der Waals surface area contributed by atoms with E-state index in [2.05, 4.69) is 43.1 Å². The van der Waals surface area contributed by atoms with Crippen LogP contribution in [0, 0.1) is 0 Å². The quantitative estimate of drug-likeness (QED) is 0.547. The van der Waals surface area contributed by atoms with Gasteiger partial charge in [0.25, 0.3) is 0 Å². The number of aromatic carboxylic acids is 1. The summed E-state index contributed by atoms with van der Waals surface area (Å²) in [5, 5.41) is 13.6. The zero-order valence-electron chi connectivity index (χ0n) is 15.5. The first-order chi connectivity index (χ1) is 13.8. The number of aromatic nitrogens is 2. The molecule has 3 aromatic rings. The molecule has 3 heterocycles. The van der Waals surface area contributed by atoms with Gasteiger partial charge in [-0.3, -0.25) is 4.40 Å².